The summed E-state index contributed by atoms with van der Waals surface area (Å²) < 4.78 is 2.48. The molecule has 0 unspecified atom stereocenters. The molecule has 0 amide bonds. The van der Waals surface area contributed by atoms with Gasteiger partial charge in [0, 0.05) is 33.1 Å². The molecule has 0 saturated carbocycles. The van der Waals surface area contributed by atoms with Crippen molar-refractivity contribution in [2.45, 2.75) is 10.8 Å². The van der Waals surface area contributed by atoms with Crippen molar-refractivity contribution in [3.63, 3.8) is 0 Å². The van der Waals surface area contributed by atoms with E-state index in [1.807, 2.05) is 0 Å². The predicted octanol–water partition coefficient (Wildman–Crippen LogP) is 21.5. The Morgan fingerprint density at radius 1 is 0.244 bits per heavy atom. The van der Waals surface area contributed by atoms with Gasteiger partial charge in [0.05, 0.1) is 33.2 Å². The fourth-order valence-corrected chi connectivity index (χ4v) is 15.1. The van der Waals surface area contributed by atoms with E-state index < -0.39 is 10.8 Å². The second-order valence-corrected chi connectivity index (χ2v) is 23.0. The number of aromatic nitrogens is 1. The van der Waals surface area contributed by atoms with E-state index in [9.17, 15) is 0 Å². The zero-order valence-corrected chi connectivity index (χ0v) is 47.2. The largest absolute Gasteiger partial charge is 0.309 e. The summed E-state index contributed by atoms with van der Waals surface area (Å²) in [6, 6.07) is 126. The van der Waals surface area contributed by atoms with Crippen LogP contribution < -0.4 is 4.90 Å². The summed E-state index contributed by atoms with van der Waals surface area (Å²) in [4.78, 5) is 2.50. The Morgan fingerprint density at radius 3 is 1.37 bits per heavy atom. The van der Waals surface area contributed by atoms with Crippen LogP contribution in [0.1, 0.15) is 44.5 Å². The highest BCUT2D eigenvalue weighted by Crippen LogP contribution is 2.59. The maximum Gasteiger partial charge on any atom is 0.0714 e. The van der Waals surface area contributed by atoms with Gasteiger partial charge in [0.15, 0.2) is 0 Å². The molecule has 2 heteroatoms. The normalized spacial score (nSPS) is 13.3. The third-order valence-corrected chi connectivity index (χ3v) is 18.8. The van der Waals surface area contributed by atoms with Gasteiger partial charge in [-0.1, -0.05) is 291 Å². The monoisotopic (exact) mass is 1090 g/mol. The molecule has 0 saturated heterocycles. The average Bonchev–Trinajstić information content (AvgIpc) is 1.63. The van der Waals surface area contributed by atoms with E-state index in [1.165, 1.54) is 99.3 Å². The molecule has 2 aliphatic carbocycles. The molecule has 17 rings (SSSR count). The van der Waals surface area contributed by atoms with Crippen molar-refractivity contribution >= 4 is 49.6 Å². The Morgan fingerprint density at radius 2 is 0.709 bits per heavy atom. The molecule has 0 bridgehead atoms. The van der Waals surface area contributed by atoms with Crippen LogP contribution in [0.4, 0.5) is 17.1 Å². The molecule has 0 aliphatic heterocycles. The minimum Gasteiger partial charge on any atom is -0.309 e. The third kappa shape index (κ3) is 7.33. The standard InChI is InChI=1S/C84H56N2/c1-5-26-61(27-6-1)83(62-28-7-2-8-29-62)76-40-20-16-37-70(76)74-55-65(50-53-77(74)83)86-81-42-22-18-38-72(81)73-51-48-60(54-82(73)86)57-44-46-59(47-45-57)68-35-17-21-41-79(68)85(80-43-23-25-58-24-13-14-34-67(58)80)66-49-52-71-69-36-15-19-39-75(69)84(78(71)56-66,63-30-9-3-10-31-63)64-32-11-4-12-33-64/h1-56H. The fourth-order valence-electron chi connectivity index (χ4n) is 15.1. The molecule has 1 heterocycles. The highest BCUT2D eigenvalue weighted by atomic mass is 15.1. The topological polar surface area (TPSA) is 8.17 Å². The molecule has 1 aromatic heterocycles. The van der Waals surface area contributed by atoms with Crippen LogP contribution in [0, 0.1) is 0 Å². The first-order valence-corrected chi connectivity index (χ1v) is 29.9. The first kappa shape index (κ1) is 49.5. The van der Waals surface area contributed by atoms with Gasteiger partial charge in [0.1, 0.15) is 0 Å². The Hall–Kier alpha value is -11.1. The van der Waals surface area contributed by atoms with Crippen molar-refractivity contribution < 1.29 is 0 Å². The maximum atomic E-state index is 2.50. The first-order valence-electron chi connectivity index (χ1n) is 29.9. The summed E-state index contributed by atoms with van der Waals surface area (Å²) in [5.41, 5.74) is 25.7. The van der Waals surface area contributed by atoms with Gasteiger partial charge in [0.2, 0.25) is 0 Å². The molecule has 0 N–H and O–H groups in total. The maximum absolute atomic E-state index is 2.50. The number of hydrogen-bond donors (Lipinski definition) is 0. The van der Waals surface area contributed by atoms with Gasteiger partial charge in [-0.3, -0.25) is 0 Å². The summed E-state index contributed by atoms with van der Waals surface area (Å²) in [6.07, 6.45) is 0. The molecular formula is C84H56N2. The van der Waals surface area contributed by atoms with Gasteiger partial charge in [-0.25, -0.2) is 0 Å². The lowest BCUT2D eigenvalue weighted by molar-refractivity contribution is 0.768. The van der Waals surface area contributed by atoms with Crippen molar-refractivity contribution in [3.8, 4) is 50.2 Å². The van der Waals surface area contributed by atoms with Crippen LogP contribution in [-0.2, 0) is 10.8 Å². The highest BCUT2D eigenvalue weighted by molar-refractivity contribution is 6.11. The van der Waals surface area contributed by atoms with E-state index in [0.29, 0.717) is 0 Å². The van der Waals surface area contributed by atoms with Crippen molar-refractivity contribution in [2.24, 2.45) is 0 Å². The average molecular weight is 1090 g/mol. The Balaban J connectivity index is 0.799. The SMILES string of the molecule is c1ccc(C2(c3ccccc3)c3ccccc3-c3cc(-n4c5ccccc5c5ccc(-c6ccc(-c7ccccc7N(c7ccc8c(c7)C(c7ccccc7)(c7ccccc7)c7ccccc7-8)c7cccc8ccccc78)cc6)cc54)ccc32)cc1. The molecule has 15 aromatic rings. The van der Waals surface area contributed by atoms with E-state index in [0.717, 1.165) is 45.0 Å². The lowest BCUT2D eigenvalue weighted by Crippen LogP contribution is -2.28. The lowest BCUT2D eigenvalue weighted by atomic mass is 9.67. The third-order valence-electron chi connectivity index (χ3n) is 18.8. The molecule has 0 spiro atoms. The predicted molar refractivity (Wildman–Crippen MR) is 358 cm³/mol. The number of rotatable bonds is 10. The van der Waals surface area contributed by atoms with Crippen molar-refractivity contribution in [2.75, 3.05) is 4.90 Å². The molecule has 14 aromatic carbocycles. The molecule has 0 atom stereocenters. The van der Waals surface area contributed by atoms with Crippen LogP contribution >= 0.6 is 0 Å². The number of fused-ring (bicyclic) bond motifs is 10. The van der Waals surface area contributed by atoms with Crippen LogP contribution in [0.15, 0.2) is 340 Å². The van der Waals surface area contributed by atoms with Crippen LogP contribution in [0.25, 0.3) is 82.8 Å². The second-order valence-electron chi connectivity index (χ2n) is 23.0. The van der Waals surface area contributed by atoms with E-state index in [1.54, 1.807) is 0 Å². The molecule has 2 aliphatic rings. The highest BCUT2D eigenvalue weighted by Gasteiger charge is 2.48. The van der Waals surface area contributed by atoms with E-state index in [4.69, 9.17) is 0 Å². The lowest BCUT2D eigenvalue weighted by Gasteiger charge is -2.35. The van der Waals surface area contributed by atoms with Gasteiger partial charge in [-0.05, 0) is 137 Å². The second kappa shape index (κ2) is 19.8. The first-order chi connectivity index (χ1) is 42.7. The van der Waals surface area contributed by atoms with E-state index in [2.05, 4.69) is 349 Å². The Labute approximate surface area is 501 Å². The van der Waals surface area contributed by atoms with Gasteiger partial charge in [-0.2, -0.15) is 0 Å². The van der Waals surface area contributed by atoms with Gasteiger partial charge in [-0.15, -0.1) is 0 Å². The van der Waals surface area contributed by atoms with E-state index in [-0.39, 0.29) is 0 Å². The number of benzene rings is 14. The summed E-state index contributed by atoms with van der Waals surface area (Å²) in [5.74, 6) is 0. The zero-order chi connectivity index (χ0) is 56.8. The van der Waals surface area contributed by atoms with Crippen LogP contribution in [0.2, 0.25) is 0 Å². The summed E-state index contributed by atoms with van der Waals surface area (Å²) in [6.45, 7) is 0. The van der Waals surface area contributed by atoms with Crippen molar-refractivity contribution in [1.82, 2.24) is 4.57 Å². The smallest absolute Gasteiger partial charge is 0.0714 e. The van der Waals surface area contributed by atoms with Crippen LogP contribution in [-0.4, -0.2) is 4.57 Å². The fraction of sp³-hybridized carbons (Fsp3) is 0.0238. The summed E-state index contributed by atoms with van der Waals surface area (Å²) >= 11 is 0. The minimum absolute atomic E-state index is 0.463. The summed E-state index contributed by atoms with van der Waals surface area (Å²) in [5, 5.41) is 4.84. The minimum atomic E-state index is -0.549. The quantitative estimate of drug-likeness (QED) is 0.132. The molecule has 2 nitrogen and oxygen atoms in total. The zero-order valence-electron chi connectivity index (χ0n) is 47.2. The molecule has 0 radical (unpaired) electrons. The van der Waals surface area contributed by atoms with Crippen LogP contribution in [0.5, 0.6) is 0 Å². The van der Waals surface area contributed by atoms with Gasteiger partial charge < -0.3 is 9.47 Å². The molecule has 86 heavy (non-hydrogen) atoms. The number of para-hydroxylation sites is 2. The Kier molecular flexibility index (Phi) is 11.4. The van der Waals surface area contributed by atoms with Crippen LogP contribution in [0.3, 0.4) is 0 Å². The van der Waals surface area contributed by atoms with Crippen molar-refractivity contribution in [3.05, 3.63) is 384 Å². The van der Waals surface area contributed by atoms with Gasteiger partial charge >= 0.3 is 0 Å². The number of anilines is 3. The summed E-state index contributed by atoms with van der Waals surface area (Å²) in [7, 11) is 0. The van der Waals surface area contributed by atoms with E-state index >= 15 is 0 Å². The van der Waals surface area contributed by atoms with Gasteiger partial charge in [0.25, 0.3) is 0 Å². The molecular weight excluding hydrogens is 1040 g/mol. The van der Waals surface area contributed by atoms with Crippen molar-refractivity contribution in [1.29, 1.82) is 0 Å². The number of hydrogen-bond acceptors (Lipinski definition) is 1. The molecule has 0 fully saturated rings. The Bertz CT molecular complexity index is 5010. The number of nitrogens with zero attached hydrogens (tertiary/aromatic N) is 2. The molecule has 402 valence electrons.